The molecule has 0 aliphatic heterocycles. The SMILES string of the molecule is CCN(CC)CCn1c(SCc2ccccc2C#N)nc2ccccc2c1=O. The minimum Gasteiger partial charge on any atom is -0.302 e. The molecule has 3 rings (SSSR count). The second-order valence-corrected chi connectivity index (χ2v) is 7.40. The van der Waals surface area contributed by atoms with E-state index in [9.17, 15) is 10.1 Å². The third-order valence-electron chi connectivity index (χ3n) is 4.86. The zero-order valence-electron chi connectivity index (χ0n) is 16.3. The lowest BCUT2D eigenvalue weighted by molar-refractivity contribution is 0.284. The number of likely N-dealkylation sites (N-methyl/N-ethyl adjacent to an activating group) is 1. The van der Waals surface area contributed by atoms with E-state index in [0.717, 1.165) is 25.2 Å². The van der Waals surface area contributed by atoms with Crippen LogP contribution in [-0.4, -0.2) is 34.1 Å². The Labute approximate surface area is 169 Å². The Morgan fingerprint density at radius 1 is 1.11 bits per heavy atom. The Hall–Kier alpha value is -2.62. The summed E-state index contributed by atoms with van der Waals surface area (Å²) >= 11 is 1.51. The van der Waals surface area contributed by atoms with E-state index >= 15 is 0 Å². The van der Waals surface area contributed by atoms with Gasteiger partial charge in [-0.05, 0) is 36.9 Å². The fraction of sp³-hybridized carbons (Fsp3) is 0.318. The van der Waals surface area contributed by atoms with Gasteiger partial charge in [0.25, 0.3) is 5.56 Å². The Balaban J connectivity index is 1.96. The van der Waals surface area contributed by atoms with E-state index in [2.05, 4.69) is 24.8 Å². The molecule has 144 valence electrons. The lowest BCUT2D eigenvalue weighted by Crippen LogP contribution is -2.32. The van der Waals surface area contributed by atoms with Crippen molar-refractivity contribution in [1.29, 1.82) is 5.26 Å². The molecule has 0 spiro atoms. The standard InChI is InChI=1S/C22H24N4OS/c1-3-25(4-2)13-14-26-21(27)19-11-7-8-12-20(19)24-22(26)28-16-18-10-6-5-9-17(18)15-23/h5-12H,3-4,13-14,16H2,1-2H3. The van der Waals surface area contributed by atoms with Gasteiger partial charge in [-0.3, -0.25) is 9.36 Å². The van der Waals surface area contributed by atoms with Gasteiger partial charge in [-0.1, -0.05) is 55.9 Å². The first-order chi connectivity index (χ1) is 13.7. The molecule has 0 saturated carbocycles. The molecule has 0 fully saturated rings. The molecule has 0 atom stereocenters. The average molecular weight is 393 g/mol. The molecule has 3 aromatic rings. The van der Waals surface area contributed by atoms with Crippen LogP contribution in [0.5, 0.6) is 0 Å². The van der Waals surface area contributed by atoms with Crippen LogP contribution in [0, 0.1) is 11.3 Å². The second-order valence-electron chi connectivity index (χ2n) is 6.45. The third-order valence-corrected chi connectivity index (χ3v) is 5.88. The highest BCUT2D eigenvalue weighted by atomic mass is 32.2. The minimum atomic E-state index is -0.00572. The van der Waals surface area contributed by atoms with Gasteiger partial charge in [0.05, 0.1) is 22.5 Å². The fourth-order valence-electron chi connectivity index (χ4n) is 3.13. The van der Waals surface area contributed by atoms with Crippen LogP contribution in [0.15, 0.2) is 58.5 Å². The highest BCUT2D eigenvalue weighted by Gasteiger charge is 2.13. The quantitative estimate of drug-likeness (QED) is 0.430. The molecule has 0 aliphatic carbocycles. The Morgan fingerprint density at radius 3 is 2.57 bits per heavy atom. The van der Waals surface area contributed by atoms with Gasteiger partial charge in [-0.25, -0.2) is 4.98 Å². The van der Waals surface area contributed by atoms with E-state index in [1.165, 1.54) is 11.8 Å². The Kier molecular flexibility index (Phi) is 6.85. The number of nitriles is 1. The summed E-state index contributed by atoms with van der Waals surface area (Å²) < 4.78 is 1.78. The van der Waals surface area contributed by atoms with Crippen LogP contribution in [-0.2, 0) is 12.3 Å². The summed E-state index contributed by atoms with van der Waals surface area (Å²) in [5, 5.41) is 10.7. The molecule has 0 bridgehead atoms. The molecule has 1 heterocycles. The van der Waals surface area contributed by atoms with Gasteiger partial charge >= 0.3 is 0 Å². The molecule has 1 aromatic heterocycles. The summed E-state index contributed by atoms with van der Waals surface area (Å²) in [6, 6.07) is 17.3. The molecule has 6 heteroatoms. The number of nitrogens with zero attached hydrogens (tertiary/aromatic N) is 4. The summed E-state index contributed by atoms with van der Waals surface area (Å²) in [4.78, 5) is 20.2. The van der Waals surface area contributed by atoms with E-state index in [4.69, 9.17) is 4.98 Å². The van der Waals surface area contributed by atoms with Gasteiger partial charge in [0.15, 0.2) is 5.16 Å². The van der Waals surface area contributed by atoms with Crippen LogP contribution in [0.25, 0.3) is 10.9 Å². The number of benzene rings is 2. The van der Waals surface area contributed by atoms with Crippen molar-refractivity contribution in [3.63, 3.8) is 0 Å². The summed E-state index contributed by atoms with van der Waals surface area (Å²) in [6.45, 7) is 7.54. The van der Waals surface area contributed by atoms with Gasteiger partial charge in [-0.15, -0.1) is 0 Å². The maximum atomic E-state index is 13.1. The molecular formula is C22H24N4OS. The third kappa shape index (κ3) is 4.44. The largest absolute Gasteiger partial charge is 0.302 e. The molecule has 0 radical (unpaired) electrons. The maximum absolute atomic E-state index is 13.1. The molecule has 0 N–H and O–H groups in total. The van der Waals surface area contributed by atoms with E-state index in [-0.39, 0.29) is 5.56 Å². The van der Waals surface area contributed by atoms with Gasteiger partial charge in [0.2, 0.25) is 0 Å². The van der Waals surface area contributed by atoms with Gasteiger partial charge in [0, 0.05) is 18.8 Å². The molecular weight excluding hydrogens is 368 g/mol. The van der Waals surface area contributed by atoms with Crippen LogP contribution < -0.4 is 5.56 Å². The number of rotatable bonds is 8. The monoisotopic (exact) mass is 392 g/mol. The number of aromatic nitrogens is 2. The topological polar surface area (TPSA) is 61.9 Å². The van der Waals surface area contributed by atoms with Crippen molar-refractivity contribution in [2.24, 2.45) is 0 Å². The molecule has 28 heavy (non-hydrogen) atoms. The Morgan fingerprint density at radius 2 is 1.82 bits per heavy atom. The summed E-state index contributed by atoms with van der Waals surface area (Å²) in [5.74, 6) is 0.597. The lowest BCUT2D eigenvalue weighted by atomic mass is 10.1. The minimum absolute atomic E-state index is 0.00572. The van der Waals surface area contributed by atoms with Gasteiger partial charge in [-0.2, -0.15) is 5.26 Å². The van der Waals surface area contributed by atoms with Crippen LogP contribution in [0.1, 0.15) is 25.0 Å². The average Bonchev–Trinajstić information content (AvgIpc) is 2.74. The van der Waals surface area contributed by atoms with Gasteiger partial charge < -0.3 is 4.90 Å². The number of hydrogen-bond donors (Lipinski definition) is 0. The number of fused-ring (bicyclic) bond motifs is 1. The van der Waals surface area contributed by atoms with E-state index in [1.807, 2.05) is 48.5 Å². The first-order valence-corrected chi connectivity index (χ1v) is 10.5. The Bertz CT molecular complexity index is 1050. The molecule has 5 nitrogen and oxygen atoms in total. The van der Waals surface area contributed by atoms with E-state index in [1.54, 1.807) is 4.57 Å². The number of para-hydroxylation sites is 1. The highest BCUT2D eigenvalue weighted by Crippen LogP contribution is 2.23. The zero-order valence-corrected chi connectivity index (χ0v) is 17.1. The number of hydrogen-bond acceptors (Lipinski definition) is 5. The van der Waals surface area contributed by atoms with Crippen molar-refractivity contribution in [3.05, 3.63) is 70.0 Å². The van der Waals surface area contributed by atoms with Crippen molar-refractivity contribution in [2.75, 3.05) is 19.6 Å². The van der Waals surface area contributed by atoms with Crippen LogP contribution >= 0.6 is 11.8 Å². The maximum Gasteiger partial charge on any atom is 0.262 e. The first kappa shape index (κ1) is 20.1. The van der Waals surface area contributed by atoms with Crippen molar-refractivity contribution < 1.29 is 0 Å². The first-order valence-electron chi connectivity index (χ1n) is 9.50. The molecule has 0 saturated heterocycles. The fourth-order valence-corrected chi connectivity index (χ4v) is 4.16. The van der Waals surface area contributed by atoms with Crippen LogP contribution in [0.3, 0.4) is 0 Å². The van der Waals surface area contributed by atoms with Crippen LogP contribution in [0.2, 0.25) is 0 Å². The van der Waals surface area contributed by atoms with Gasteiger partial charge in [0.1, 0.15) is 0 Å². The second kappa shape index (κ2) is 9.54. The summed E-state index contributed by atoms with van der Waals surface area (Å²) in [7, 11) is 0. The molecule has 0 unspecified atom stereocenters. The van der Waals surface area contributed by atoms with Crippen molar-refractivity contribution in [3.8, 4) is 6.07 Å². The molecule has 0 aliphatic rings. The smallest absolute Gasteiger partial charge is 0.262 e. The summed E-state index contributed by atoms with van der Waals surface area (Å²) in [5.41, 5.74) is 2.32. The number of thioether (sulfide) groups is 1. The molecule has 2 aromatic carbocycles. The van der Waals surface area contributed by atoms with Crippen LogP contribution in [0.4, 0.5) is 0 Å². The lowest BCUT2D eigenvalue weighted by Gasteiger charge is -2.20. The van der Waals surface area contributed by atoms with Crippen molar-refractivity contribution in [1.82, 2.24) is 14.5 Å². The van der Waals surface area contributed by atoms with E-state index in [0.29, 0.717) is 33.9 Å². The highest BCUT2D eigenvalue weighted by molar-refractivity contribution is 7.98. The predicted molar refractivity (Wildman–Crippen MR) is 115 cm³/mol. The predicted octanol–water partition coefficient (Wildman–Crippen LogP) is 3.90. The van der Waals surface area contributed by atoms with Crippen molar-refractivity contribution in [2.45, 2.75) is 31.3 Å². The molecule has 0 amide bonds. The summed E-state index contributed by atoms with van der Waals surface area (Å²) in [6.07, 6.45) is 0. The van der Waals surface area contributed by atoms with E-state index < -0.39 is 0 Å². The normalized spacial score (nSPS) is 11.1. The zero-order chi connectivity index (χ0) is 19.9. The van der Waals surface area contributed by atoms with Crippen molar-refractivity contribution >= 4 is 22.7 Å².